The molecule has 1 atom stereocenters. The van der Waals surface area contributed by atoms with Gasteiger partial charge in [0.25, 0.3) is 0 Å². The quantitative estimate of drug-likeness (QED) is 0.596. The number of methoxy groups -OCH3 is 1. The lowest BCUT2D eigenvalue weighted by molar-refractivity contribution is -0.116. The lowest BCUT2D eigenvalue weighted by atomic mass is 9.95. The highest BCUT2D eigenvalue weighted by Crippen LogP contribution is 2.15. The molecule has 0 fully saturated rings. The highest BCUT2D eigenvalue weighted by Gasteiger charge is 2.21. The molecular formula is C10H12O3. The smallest absolute Gasteiger partial charge is 0.184 e. The van der Waals surface area contributed by atoms with Crippen LogP contribution in [0.15, 0.2) is 23.3 Å². The molecule has 3 nitrogen and oxygen atoms in total. The van der Waals surface area contributed by atoms with Crippen molar-refractivity contribution in [3.63, 3.8) is 0 Å². The first-order valence-corrected chi connectivity index (χ1v) is 4.07. The van der Waals surface area contributed by atoms with Gasteiger partial charge in [0.1, 0.15) is 0 Å². The fraction of sp³-hybridized carbons (Fsp3) is 0.400. The van der Waals surface area contributed by atoms with Crippen molar-refractivity contribution in [1.29, 1.82) is 0 Å². The number of carbonyl (C=O) groups excluding carboxylic acids is 2. The monoisotopic (exact) mass is 180 g/mol. The highest BCUT2D eigenvalue weighted by atomic mass is 16.5. The van der Waals surface area contributed by atoms with E-state index in [1.807, 2.05) is 0 Å². The second kappa shape index (κ2) is 3.66. The summed E-state index contributed by atoms with van der Waals surface area (Å²) in [6.07, 6.45) is 2.39. The first-order chi connectivity index (χ1) is 6.06. The molecule has 0 amide bonds. The van der Waals surface area contributed by atoms with Crippen LogP contribution < -0.4 is 0 Å². The molecule has 0 radical (unpaired) electrons. The molecule has 1 rings (SSSR count). The number of ether oxygens (including phenoxy) is 1. The van der Waals surface area contributed by atoms with Crippen LogP contribution in [0.3, 0.4) is 0 Å². The van der Waals surface area contributed by atoms with E-state index < -0.39 is 0 Å². The predicted molar refractivity (Wildman–Crippen MR) is 48.3 cm³/mol. The molecule has 0 aliphatic heterocycles. The van der Waals surface area contributed by atoms with Gasteiger partial charge in [0, 0.05) is 18.3 Å². The van der Waals surface area contributed by atoms with Crippen molar-refractivity contribution < 1.29 is 14.3 Å². The van der Waals surface area contributed by atoms with Crippen LogP contribution in [0, 0.1) is 0 Å². The second-order valence-electron chi connectivity index (χ2n) is 3.03. The summed E-state index contributed by atoms with van der Waals surface area (Å²) in [5, 5.41) is 0. The Hall–Kier alpha value is -1.22. The summed E-state index contributed by atoms with van der Waals surface area (Å²) in [6.45, 7) is 3.37. The van der Waals surface area contributed by atoms with Gasteiger partial charge in [-0.1, -0.05) is 0 Å². The lowest BCUT2D eigenvalue weighted by Gasteiger charge is -2.14. The molecule has 0 aromatic rings. The van der Waals surface area contributed by atoms with Crippen LogP contribution in [0.2, 0.25) is 0 Å². The van der Waals surface area contributed by atoms with E-state index in [-0.39, 0.29) is 17.7 Å². The molecule has 0 aromatic carbocycles. The van der Waals surface area contributed by atoms with E-state index in [0.717, 1.165) is 0 Å². The fourth-order valence-corrected chi connectivity index (χ4v) is 1.12. The van der Waals surface area contributed by atoms with E-state index in [0.29, 0.717) is 11.1 Å². The molecular weight excluding hydrogens is 168 g/mol. The third-order valence-corrected chi connectivity index (χ3v) is 2.10. The molecule has 70 valence electrons. The van der Waals surface area contributed by atoms with Gasteiger partial charge in [0.15, 0.2) is 11.6 Å². The largest absolute Gasteiger partial charge is 0.377 e. The van der Waals surface area contributed by atoms with Crippen molar-refractivity contribution in [3.05, 3.63) is 23.3 Å². The fourth-order valence-electron chi connectivity index (χ4n) is 1.12. The van der Waals surface area contributed by atoms with E-state index in [1.165, 1.54) is 19.3 Å². The summed E-state index contributed by atoms with van der Waals surface area (Å²) in [4.78, 5) is 22.6. The van der Waals surface area contributed by atoms with Gasteiger partial charge in [0.05, 0.1) is 6.10 Å². The minimum Gasteiger partial charge on any atom is -0.377 e. The van der Waals surface area contributed by atoms with Crippen LogP contribution in [0.4, 0.5) is 0 Å². The summed E-state index contributed by atoms with van der Waals surface area (Å²) in [7, 11) is 1.51. The summed E-state index contributed by atoms with van der Waals surface area (Å²) >= 11 is 0. The summed E-state index contributed by atoms with van der Waals surface area (Å²) in [5.74, 6) is -0.245. The Morgan fingerprint density at radius 2 is 1.85 bits per heavy atom. The van der Waals surface area contributed by atoms with Crippen molar-refractivity contribution in [2.45, 2.75) is 20.0 Å². The van der Waals surface area contributed by atoms with E-state index in [4.69, 9.17) is 4.74 Å². The number of hydrogen-bond acceptors (Lipinski definition) is 3. The maximum atomic E-state index is 11.4. The zero-order chi connectivity index (χ0) is 10.0. The first-order valence-electron chi connectivity index (χ1n) is 4.07. The Morgan fingerprint density at radius 1 is 1.23 bits per heavy atom. The van der Waals surface area contributed by atoms with Gasteiger partial charge < -0.3 is 4.74 Å². The van der Waals surface area contributed by atoms with Crippen molar-refractivity contribution in [1.82, 2.24) is 0 Å². The van der Waals surface area contributed by atoms with Gasteiger partial charge in [-0.3, -0.25) is 9.59 Å². The Labute approximate surface area is 77.1 Å². The number of rotatable bonds is 2. The van der Waals surface area contributed by atoms with Gasteiger partial charge in [-0.05, 0) is 26.0 Å². The normalized spacial score (nSPS) is 19.6. The molecule has 0 aromatic heterocycles. The van der Waals surface area contributed by atoms with Crippen molar-refractivity contribution in [2.24, 2.45) is 0 Å². The molecule has 1 unspecified atom stereocenters. The van der Waals surface area contributed by atoms with E-state index in [1.54, 1.807) is 13.8 Å². The summed E-state index contributed by atoms with van der Waals surface area (Å²) < 4.78 is 4.97. The molecule has 0 saturated carbocycles. The predicted octanol–water partition coefficient (Wildman–Crippen LogP) is 1.05. The SMILES string of the molecule is COC(C)C1=CC(=O)C(C)=CC1=O. The van der Waals surface area contributed by atoms with Crippen molar-refractivity contribution in [2.75, 3.05) is 7.11 Å². The minimum atomic E-state index is -0.319. The zero-order valence-corrected chi connectivity index (χ0v) is 7.96. The Morgan fingerprint density at radius 3 is 2.38 bits per heavy atom. The van der Waals surface area contributed by atoms with Crippen LogP contribution in [0.25, 0.3) is 0 Å². The number of ketones is 2. The summed E-state index contributed by atoms with van der Waals surface area (Å²) in [6, 6.07) is 0. The average Bonchev–Trinajstić information content (AvgIpc) is 2.10. The van der Waals surface area contributed by atoms with Gasteiger partial charge in [-0.15, -0.1) is 0 Å². The van der Waals surface area contributed by atoms with Crippen LogP contribution in [-0.4, -0.2) is 24.8 Å². The number of hydrogen-bond donors (Lipinski definition) is 0. The average molecular weight is 180 g/mol. The lowest BCUT2D eigenvalue weighted by Crippen LogP contribution is -2.21. The standard InChI is InChI=1S/C10H12O3/c1-6-4-10(12)8(5-9(6)11)7(2)13-3/h4-5,7H,1-3H3. The molecule has 1 aliphatic carbocycles. The third-order valence-electron chi connectivity index (χ3n) is 2.10. The molecule has 1 aliphatic rings. The molecule has 0 heterocycles. The van der Waals surface area contributed by atoms with Gasteiger partial charge >= 0.3 is 0 Å². The van der Waals surface area contributed by atoms with Gasteiger partial charge in [0.2, 0.25) is 0 Å². The minimum absolute atomic E-state index is 0.112. The second-order valence-corrected chi connectivity index (χ2v) is 3.03. The van der Waals surface area contributed by atoms with E-state index in [9.17, 15) is 9.59 Å². The maximum Gasteiger partial charge on any atom is 0.184 e. The van der Waals surface area contributed by atoms with Crippen LogP contribution in [-0.2, 0) is 14.3 Å². The number of allylic oxidation sites excluding steroid dienone is 3. The van der Waals surface area contributed by atoms with Crippen LogP contribution >= 0.6 is 0 Å². The van der Waals surface area contributed by atoms with Gasteiger partial charge in [-0.2, -0.15) is 0 Å². The topological polar surface area (TPSA) is 43.4 Å². The van der Waals surface area contributed by atoms with Crippen LogP contribution in [0.1, 0.15) is 13.8 Å². The third kappa shape index (κ3) is 1.92. The van der Waals surface area contributed by atoms with Crippen molar-refractivity contribution in [3.8, 4) is 0 Å². The Balaban J connectivity index is 2.96. The van der Waals surface area contributed by atoms with Crippen molar-refractivity contribution >= 4 is 11.6 Å². The molecule has 0 N–H and O–H groups in total. The number of carbonyl (C=O) groups is 2. The molecule has 13 heavy (non-hydrogen) atoms. The Bertz CT molecular complexity index is 310. The summed E-state index contributed by atoms with van der Waals surface area (Å²) in [5.41, 5.74) is 0.912. The van der Waals surface area contributed by atoms with E-state index in [2.05, 4.69) is 0 Å². The first kappa shape index (κ1) is 9.86. The molecule has 0 saturated heterocycles. The highest BCUT2D eigenvalue weighted by molar-refractivity contribution is 6.20. The molecule has 0 spiro atoms. The van der Waals surface area contributed by atoms with E-state index >= 15 is 0 Å². The Kier molecular flexibility index (Phi) is 2.78. The molecule has 3 heteroatoms. The maximum absolute atomic E-state index is 11.4. The van der Waals surface area contributed by atoms with Gasteiger partial charge in [-0.25, -0.2) is 0 Å². The van der Waals surface area contributed by atoms with Crippen LogP contribution in [0.5, 0.6) is 0 Å². The molecule has 0 bridgehead atoms. The zero-order valence-electron chi connectivity index (χ0n) is 7.96.